The summed E-state index contributed by atoms with van der Waals surface area (Å²) in [4.78, 5) is 56.0. The lowest BCUT2D eigenvalue weighted by molar-refractivity contribution is -0.152. The first kappa shape index (κ1) is 26.1. The second-order valence-electron chi connectivity index (χ2n) is 12.8. The molecule has 5 aliphatic rings. The van der Waals surface area contributed by atoms with E-state index in [1.165, 1.54) is 14.0 Å². The van der Waals surface area contributed by atoms with E-state index in [9.17, 15) is 24.3 Å². The van der Waals surface area contributed by atoms with Crippen LogP contribution in [-0.2, 0) is 16.1 Å². The normalized spacial score (nSPS) is 34.4. The first-order chi connectivity index (χ1) is 18.5. The molecule has 3 heterocycles. The molecule has 39 heavy (non-hydrogen) atoms. The first-order valence-corrected chi connectivity index (χ1v) is 14.1. The average Bonchev–Trinajstić information content (AvgIpc) is 3.01. The van der Waals surface area contributed by atoms with E-state index >= 15 is 0 Å². The number of aromatic nitrogens is 2. The highest BCUT2D eigenvalue weighted by molar-refractivity contribution is 6.07. The topological polar surface area (TPSA) is 164 Å². The smallest absolute Gasteiger partial charge is 0.334 e. The maximum absolute atomic E-state index is 13.6. The Morgan fingerprint density at radius 2 is 1.74 bits per heavy atom. The maximum Gasteiger partial charge on any atom is 0.334 e. The minimum atomic E-state index is -0.808. The number of aromatic hydroxyl groups is 1. The Kier molecular flexibility index (Phi) is 5.98. The molecule has 1 aromatic heterocycles. The van der Waals surface area contributed by atoms with E-state index in [-0.39, 0.29) is 47.3 Å². The van der Waals surface area contributed by atoms with E-state index in [1.54, 1.807) is 11.9 Å². The Morgan fingerprint density at radius 1 is 1.08 bits per heavy atom. The number of carbonyl (C=O) groups is 2. The summed E-state index contributed by atoms with van der Waals surface area (Å²) in [5.41, 5.74) is 3.16. The minimum absolute atomic E-state index is 0.129. The zero-order valence-corrected chi connectivity index (χ0v) is 22.6. The van der Waals surface area contributed by atoms with Crippen LogP contribution in [0.15, 0.2) is 9.59 Å². The van der Waals surface area contributed by atoms with Gasteiger partial charge in [0.2, 0.25) is 5.88 Å². The molecule has 3 saturated carbocycles. The van der Waals surface area contributed by atoms with Crippen molar-refractivity contribution in [1.29, 1.82) is 5.41 Å². The molecule has 3 aliphatic carbocycles. The lowest BCUT2D eigenvalue weighted by Gasteiger charge is -2.58. The van der Waals surface area contributed by atoms with Gasteiger partial charge in [0.25, 0.3) is 11.5 Å². The van der Waals surface area contributed by atoms with Crippen molar-refractivity contribution in [2.45, 2.75) is 76.4 Å². The van der Waals surface area contributed by atoms with Crippen molar-refractivity contribution in [2.24, 2.45) is 28.9 Å². The van der Waals surface area contributed by atoms with Gasteiger partial charge in [-0.05, 0) is 62.2 Å². The highest BCUT2D eigenvalue weighted by atomic mass is 16.5. The summed E-state index contributed by atoms with van der Waals surface area (Å²) in [6.45, 7) is 4.11. The number of hydrogen-bond acceptors (Lipinski definition) is 7. The summed E-state index contributed by atoms with van der Waals surface area (Å²) < 4.78 is 7.70. The molecule has 3 amide bonds. The van der Waals surface area contributed by atoms with Crippen LogP contribution < -0.4 is 17.0 Å². The van der Waals surface area contributed by atoms with Gasteiger partial charge in [-0.25, -0.2) is 9.59 Å². The molecule has 2 spiro atoms. The molecule has 12 nitrogen and oxygen atoms in total. The molecule has 0 radical (unpaired) electrons. The van der Waals surface area contributed by atoms with Gasteiger partial charge in [-0.15, -0.1) is 0 Å². The molecule has 2 atom stereocenters. The lowest BCUT2D eigenvalue weighted by Crippen LogP contribution is -2.65. The third-order valence-corrected chi connectivity index (χ3v) is 10.4. The number of nitrogens with zero attached hydrogens (tertiary/aromatic N) is 4. The van der Waals surface area contributed by atoms with E-state index in [0.717, 1.165) is 12.8 Å². The van der Waals surface area contributed by atoms with Gasteiger partial charge in [0, 0.05) is 32.1 Å². The van der Waals surface area contributed by atoms with Gasteiger partial charge in [-0.2, -0.15) is 0 Å². The van der Waals surface area contributed by atoms with Crippen molar-refractivity contribution >= 4 is 17.8 Å². The predicted octanol–water partition coefficient (Wildman–Crippen LogP) is 1.22. The van der Waals surface area contributed by atoms with Crippen LogP contribution in [0.3, 0.4) is 0 Å². The number of urea groups is 1. The fourth-order valence-corrected chi connectivity index (χ4v) is 7.76. The standard InChI is InChI=1S/C27H38N6O6/c1-15-3-4-17(15)10-31-21(34)19(20(28)29)22(35)33(25(31)38)18-5-7-26(8-6-18)13-27(14-26)23(36)30(2)24(37)32(27)9-16-11-39-12-16/h15-18,34H,3-14H2,1-2H3,(H3,28,29)/t15-,17-,18?,26?,27?/m0/s1. The predicted molar refractivity (Wildman–Crippen MR) is 141 cm³/mol. The van der Waals surface area contributed by atoms with Crippen LogP contribution in [0.4, 0.5) is 4.79 Å². The van der Waals surface area contributed by atoms with Crippen LogP contribution in [0.25, 0.3) is 0 Å². The highest BCUT2D eigenvalue weighted by Gasteiger charge is 2.68. The highest BCUT2D eigenvalue weighted by Crippen LogP contribution is 2.62. The summed E-state index contributed by atoms with van der Waals surface area (Å²) >= 11 is 0. The molecular formula is C27H38N6O6. The van der Waals surface area contributed by atoms with E-state index in [1.807, 2.05) is 0 Å². The largest absolute Gasteiger partial charge is 0.494 e. The number of ether oxygens (including phenoxy) is 1. The molecule has 4 N–H and O–H groups in total. The van der Waals surface area contributed by atoms with Crippen molar-refractivity contribution in [3.63, 3.8) is 0 Å². The number of nitrogens with two attached hydrogens (primary N) is 1. The summed E-state index contributed by atoms with van der Waals surface area (Å²) in [6, 6.07) is -0.632. The van der Waals surface area contributed by atoms with Crippen LogP contribution in [0, 0.1) is 28.6 Å². The molecular weight excluding hydrogens is 504 g/mol. The number of nitrogens with one attached hydrogen (secondary N) is 1. The molecule has 2 saturated heterocycles. The maximum atomic E-state index is 13.6. The first-order valence-electron chi connectivity index (χ1n) is 14.1. The van der Waals surface area contributed by atoms with Gasteiger partial charge in [-0.1, -0.05) is 13.3 Å². The van der Waals surface area contributed by atoms with Gasteiger partial charge < -0.3 is 20.5 Å². The SMILES string of the molecule is C[C@H]1CC[C@H]1Cn1c(O)c(C(=N)N)c(=O)n(C2CCC3(CC2)CC2(C3)C(=O)N(C)C(=O)N2CC2COC2)c1=O. The fraction of sp³-hybridized carbons (Fsp3) is 0.741. The van der Waals surface area contributed by atoms with Gasteiger partial charge in [0.15, 0.2) is 0 Å². The molecule has 12 heteroatoms. The quantitative estimate of drug-likeness (QED) is 0.276. The van der Waals surface area contributed by atoms with Gasteiger partial charge >= 0.3 is 11.7 Å². The van der Waals surface area contributed by atoms with Crippen LogP contribution in [-0.4, -0.2) is 74.2 Å². The monoisotopic (exact) mass is 542 g/mol. The third kappa shape index (κ3) is 3.77. The van der Waals surface area contributed by atoms with Crippen molar-refractivity contribution in [3.8, 4) is 5.88 Å². The van der Waals surface area contributed by atoms with Gasteiger partial charge in [0.05, 0.1) is 13.2 Å². The number of hydrogen-bond donors (Lipinski definition) is 3. The van der Waals surface area contributed by atoms with Crippen molar-refractivity contribution in [1.82, 2.24) is 18.9 Å². The molecule has 2 aliphatic heterocycles. The molecule has 5 fully saturated rings. The zero-order chi connectivity index (χ0) is 27.9. The number of nitrogen functional groups attached to an aromatic ring is 1. The average molecular weight is 543 g/mol. The third-order valence-electron chi connectivity index (χ3n) is 10.4. The summed E-state index contributed by atoms with van der Waals surface area (Å²) in [5.74, 6) is -0.335. The number of amides is 3. The summed E-state index contributed by atoms with van der Waals surface area (Å²) in [5, 5.41) is 18.7. The molecule has 0 unspecified atom stereocenters. The molecule has 0 aromatic carbocycles. The van der Waals surface area contributed by atoms with Crippen molar-refractivity contribution in [3.05, 3.63) is 26.4 Å². The van der Waals surface area contributed by atoms with Crippen molar-refractivity contribution in [2.75, 3.05) is 26.8 Å². The summed E-state index contributed by atoms with van der Waals surface area (Å²) in [6.07, 6.45) is 5.71. The van der Waals surface area contributed by atoms with E-state index in [4.69, 9.17) is 15.9 Å². The van der Waals surface area contributed by atoms with E-state index in [2.05, 4.69) is 6.92 Å². The Hall–Kier alpha value is -3.15. The van der Waals surface area contributed by atoms with Crippen LogP contribution in [0.2, 0.25) is 0 Å². The second-order valence-corrected chi connectivity index (χ2v) is 12.8. The molecule has 0 bridgehead atoms. The zero-order valence-electron chi connectivity index (χ0n) is 22.6. The molecule has 1 aromatic rings. The van der Waals surface area contributed by atoms with Crippen molar-refractivity contribution < 1.29 is 19.4 Å². The molecule has 6 rings (SSSR count). The minimum Gasteiger partial charge on any atom is -0.494 e. The lowest BCUT2D eigenvalue weighted by atomic mass is 9.51. The van der Waals surface area contributed by atoms with Gasteiger partial charge in [-0.3, -0.25) is 29.0 Å². The number of imide groups is 1. The summed E-state index contributed by atoms with van der Waals surface area (Å²) in [7, 11) is 1.55. The van der Waals surface area contributed by atoms with Crippen LogP contribution >= 0.6 is 0 Å². The Bertz CT molecular complexity index is 1350. The number of amidine groups is 1. The molecule has 212 valence electrons. The van der Waals surface area contributed by atoms with E-state index < -0.39 is 28.5 Å². The number of likely N-dealkylation sites (N-methyl/N-ethyl adjacent to an activating group) is 1. The van der Waals surface area contributed by atoms with Crippen LogP contribution in [0.1, 0.15) is 69.9 Å². The van der Waals surface area contributed by atoms with Gasteiger partial charge in [0.1, 0.15) is 16.9 Å². The number of rotatable bonds is 6. The number of carbonyl (C=O) groups excluding carboxylic acids is 2. The Labute approximate surface area is 226 Å². The van der Waals surface area contributed by atoms with Crippen LogP contribution in [0.5, 0.6) is 5.88 Å². The Morgan fingerprint density at radius 3 is 2.26 bits per heavy atom. The van der Waals surface area contributed by atoms with E-state index in [0.29, 0.717) is 64.2 Å². The fourth-order valence-electron chi connectivity index (χ4n) is 7.76. The second kappa shape index (κ2) is 8.94. The Balaban J connectivity index is 1.23.